The molecule has 1 unspecified atom stereocenters. The number of methoxy groups -OCH3 is 1. The molecule has 0 aromatic heterocycles. The van der Waals surface area contributed by atoms with Gasteiger partial charge >= 0.3 is 0 Å². The standard InChI is InChI=1S/C30H38O2/c1-4-5-6-7-8-9-12-23-32-28-21-19-27(20-22-28)30-14-11-10-13-29(30)26-17-15-25(16-18-26)24(2)31-3/h10-11,13-22,24H,4-9,12,23H2,1-3H3. The van der Waals surface area contributed by atoms with Gasteiger partial charge in [0.25, 0.3) is 0 Å². The third-order valence-electron chi connectivity index (χ3n) is 6.15. The van der Waals surface area contributed by atoms with Gasteiger partial charge < -0.3 is 9.47 Å². The molecule has 0 heterocycles. The molecule has 0 bridgehead atoms. The Morgan fingerprint density at radius 3 is 1.75 bits per heavy atom. The predicted octanol–water partition coefficient (Wildman–Crippen LogP) is 8.86. The fraction of sp³-hybridized carbons (Fsp3) is 0.400. The minimum Gasteiger partial charge on any atom is -0.494 e. The molecule has 0 radical (unpaired) electrons. The van der Waals surface area contributed by atoms with Crippen molar-refractivity contribution in [3.8, 4) is 28.0 Å². The fourth-order valence-electron chi connectivity index (χ4n) is 4.04. The zero-order valence-corrected chi connectivity index (χ0v) is 20.0. The largest absolute Gasteiger partial charge is 0.494 e. The lowest BCUT2D eigenvalue weighted by molar-refractivity contribution is 0.119. The fourth-order valence-corrected chi connectivity index (χ4v) is 4.04. The Hall–Kier alpha value is -2.58. The van der Waals surface area contributed by atoms with E-state index in [1.54, 1.807) is 7.11 Å². The van der Waals surface area contributed by atoms with Gasteiger partial charge in [-0.3, -0.25) is 0 Å². The van der Waals surface area contributed by atoms with E-state index >= 15 is 0 Å². The first-order valence-electron chi connectivity index (χ1n) is 12.2. The van der Waals surface area contributed by atoms with E-state index in [-0.39, 0.29) is 6.10 Å². The molecule has 0 aliphatic heterocycles. The van der Waals surface area contributed by atoms with Gasteiger partial charge in [0.1, 0.15) is 5.75 Å². The van der Waals surface area contributed by atoms with Crippen LogP contribution in [0.15, 0.2) is 72.8 Å². The monoisotopic (exact) mass is 430 g/mol. The Labute approximate surface area is 194 Å². The molecule has 0 fully saturated rings. The average molecular weight is 431 g/mol. The van der Waals surface area contributed by atoms with E-state index in [1.807, 2.05) is 0 Å². The quantitative estimate of drug-likeness (QED) is 0.252. The van der Waals surface area contributed by atoms with Crippen molar-refractivity contribution in [2.24, 2.45) is 0 Å². The summed E-state index contributed by atoms with van der Waals surface area (Å²) in [4.78, 5) is 0. The second-order valence-electron chi connectivity index (χ2n) is 8.54. The van der Waals surface area contributed by atoms with Crippen LogP contribution in [0.4, 0.5) is 0 Å². The van der Waals surface area contributed by atoms with Crippen molar-refractivity contribution in [3.63, 3.8) is 0 Å². The van der Waals surface area contributed by atoms with Crippen LogP contribution in [-0.2, 0) is 4.74 Å². The van der Waals surface area contributed by atoms with E-state index < -0.39 is 0 Å². The van der Waals surface area contributed by atoms with Crippen LogP contribution in [0.25, 0.3) is 22.3 Å². The van der Waals surface area contributed by atoms with Gasteiger partial charge in [0.2, 0.25) is 0 Å². The molecule has 0 N–H and O–H groups in total. The molecule has 0 spiro atoms. The molecular weight excluding hydrogens is 392 g/mol. The molecule has 1 atom stereocenters. The van der Waals surface area contributed by atoms with E-state index in [0.29, 0.717) is 0 Å². The molecule has 3 rings (SSSR count). The highest BCUT2D eigenvalue weighted by atomic mass is 16.5. The molecule has 3 aromatic carbocycles. The lowest BCUT2D eigenvalue weighted by Gasteiger charge is -2.13. The van der Waals surface area contributed by atoms with E-state index in [1.165, 1.54) is 66.3 Å². The summed E-state index contributed by atoms with van der Waals surface area (Å²) in [6.07, 6.45) is 9.23. The minimum atomic E-state index is 0.105. The number of benzene rings is 3. The van der Waals surface area contributed by atoms with Crippen molar-refractivity contribution in [3.05, 3.63) is 78.4 Å². The maximum atomic E-state index is 5.97. The van der Waals surface area contributed by atoms with Gasteiger partial charge in [-0.25, -0.2) is 0 Å². The lowest BCUT2D eigenvalue weighted by atomic mass is 9.94. The van der Waals surface area contributed by atoms with Crippen LogP contribution in [0, 0.1) is 0 Å². The van der Waals surface area contributed by atoms with Crippen LogP contribution >= 0.6 is 0 Å². The average Bonchev–Trinajstić information content (AvgIpc) is 2.85. The van der Waals surface area contributed by atoms with Crippen LogP contribution in [0.1, 0.15) is 70.5 Å². The summed E-state index contributed by atoms with van der Waals surface area (Å²) in [6.45, 7) is 5.13. The van der Waals surface area contributed by atoms with Crippen LogP contribution in [0.5, 0.6) is 5.75 Å². The van der Waals surface area contributed by atoms with E-state index in [0.717, 1.165) is 18.8 Å². The Bertz CT molecular complexity index is 912. The maximum Gasteiger partial charge on any atom is 0.119 e. The molecule has 2 nitrogen and oxygen atoms in total. The van der Waals surface area contributed by atoms with Crippen LogP contribution < -0.4 is 4.74 Å². The molecule has 0 saturated carbocycles. The number of ether oxygens (including phenoxy) is 2. The highest BCUT2D eigenvalue weighted by Gasteiger charge is 2.09. The summed E-state index contributed by atoms with van der Waals surface area (Å²) in [6, 6.07) is 25.8. The van der Waals surface area contributed by atoms with Crippen molar-refractivity contribution in [1.82, 2.24) is 0 Å². The van der Waals surface area contributed by atoms with Gasteiger partial charge in [0, 0.05) is 7.11 Å². The maximum absolute atomic E-state index is 5.97. The van der Waals surface area contributed by atoms with Gasteiger partial charge in [-0.05, 0) is 53.3 Å². The number of rotatable bonds is 13. The zero-order chi connectivity index (χ0) is 22.6. The second-order valence-corrected chi connectivity index (χ2v) is 8.54. The van der Waals surface area contributed by atoms with E-state index in [4.69, 9.17) is 9.47 Å². The minimum absolute atomic E-state index is 0.105. The van der Waals surface area contributed by atoms with Crippen LogP contribution in [0.3, 0.4) is 0 Å². The first-order chi connectivity index (χ1) is 15.7. The number of hydrogen-bond donors (Lipinski definition) is 0. The smallest absolute Gasteiger partial charge is 0.119 e. The third kappa shape index (κ3) is 6.97. The Balaban J connectivity index is 1.59. The van der Waals surface area contributed by atoms with Gasteiger partial charge in [-0.1, -0.05) is 106 Å². The summed E-state index contributed by atoms with van der Waals surface area (Å²) >= 11 is 0. The molecule has 2 heteroatoms. The second kappa shape index (κ2) is 13.1. The summed E-state index contributed by atoms with van der Waals surface area (Å²) in [5, 5.41) is 0. The Kier molecular flexibility index (Phi) is 9.84. The van der Waals surface area contributed by atoms with E-state index in [9.17, 15) is 0 Å². The van der Waals surface area contributed by atoms with Gasteiger partial charge in [0.15, 0.2) is 0 Å². The molecular formula is C30H38O2. The van der Waals surface area contributed by atoms with Gasteiger partial charge in [-0.15, -0.1) is 0 Å². The highest BCUT2D eigenvalue weighted by Crippen LogP contribution is 2.33. The topological polar surface area (TPSA) is 18.5 Å². The van der Waals surface area contributed by atoms with Crippen molar-refractivity contribution in [2.45, 2.75) is 64.9 Å². The molecule has 0 aliphatic carbocycles. The van der Waals surface area contributed by atoms with Crippen molar-refractivity contribution in [1.29, 1.82) is 0 Å². The Morgan fingerprint density at radius 1 is 0.656 bits per heavy atom. The molecule has 3 aromatic rings. The molecule has 170 valence electrons. The van der Waals surface area contributed by atoms with Gasteiger partial charge in [0.05, 0.1) is 12.7 Å². The molecule has 0 aliphatic rings. The van der Waals surface area contributed by atoms with Crippen molar-refractivity contribution >= 4 is 0 Å². The lowest BCUT2D eigenvalue weighted by Crippen LogP contribution is -1.97. The summed E-state index contributed by atoms with van der Waals surface area (Å²) in [5.74, 6) is 0.954. The van der Waals surface area contributed by atoms with E-state index in [2.05, 4.69) is 86.6 Å². The Morgan fingerprint density at radius 2 is 1.19 bits per heavy atom. The third-order valence-corrected chi connectivity index (χ3v) is 6.15. The number of unbranched alkanes of at least 4 members (excludes halogenated alkanes) is 6. The first-order valence-corrected chi connectivity index (χ1v) is 12.2. The summed E-state index contributed by atoms with van der Waals surface area (Å²) < 4.78 is 11.4. The van der Waals surface area contributed by atoms with Gasteiger partial charge in [-0.2, -0.15) is 0 Å². The van der Waals surface area contributed by atoms with Crippen molar-refractivity contribution < 1.29 is 9.47 Å². The molecule has 32 heavy (non-hydrogen) atoms. The zero-order valence-electron chi connectivity index (χ0n) is 20.0. The normalized spacial score (nSPS) is 12.0. The van der Waals surface area contributed by atoms with Crippen molar-refractivity contribution in [2.75, 3.05) is 13.7 Å². The SMILES string of the molecule is CCCCCCCCCOc1ccc(-c2ccccc2-c2ccc(C(C)OC)cc2)cc1. The predicted molar refractivity (Wildman–Crippen MR) is 136 cm³/mol. The highest BCUT2D eigenvalue weighted by molar-refractivity contribution is 5.83. The first kappa shape index (κ1) is 24.1. The van der Waals surface area contributed by atoms with Crippen LogP contribution in [-0.4, -0.2) is 13.7 Å². The van der Waals surface area contributed by atoms with Crippen LogP contribution in [0.2, 0.25) is 0 Å². The summed E-state index contributed by atoms with van der Waals surface area (Å²) in [5.41, 5.74) is 6.08. The molecule has 0 amide bonds. The molecule has 0 saturated heterocycles. The summed E-state index contributed by atoms with van der Waals surface area (Å²) in [7, 11) is 1.75. The number of hydrogen-bond acceptors (Lipinski definition) is 2.